The number of carboxylic acids is 1. The molecule has 0 spiro atoms. The smallest absolute Gasteiger partial charge is 0.352 e. The lowest BCUT2D eigenvalue weighted by Gasteiger charge is -2.12. The van der Waals surface area contributed by atoms with Gasteiger partial charge in [0.2, 0.25) is 0 Å². The van der Waals surface area contributed by atoms with E-state index in [4.69, 9.17) is 4.74 Å². The van der Waals surface area contributed by atoms with Crippen LogP contribution < -0.4 is 10.1 Å². The van der Waals surface area contributed by atoms with E-state index in [-0.39, 0.29) is 0 Å². The third kappa shape index (κ3) is 4.93. The van der Waals surface area contributed by atoms with Gasteiger partial charge in [-0.2, -0.15) is 0 Å². The zero-order valence-electron chi connectivity index (χ0n) is 19.3. The van der Waals surface area contributed by atoms with Crippen LogP contribution in [0.3, 0.4) is 0 Å². The summed E-state index contributed by atoms with van der Waals surface area (Å²) in [5.74, 6) is -0.149. The summed E-state index contributed by atoms with van der Waals surface area (Å²) in [5, 5.41) is 14.6. The molecule has 0 aliphatic rings. The lowest BCUT2D eigenvalue weighted by molar-refractivity contribution is 0.0684. The van der Waals surface area contributed by atoms with Gasteiger partial charge in [-0.05, 0) is 47.9 Å². The van der Waals surface area contributed by atoms with Crippen molar-refractivity contribution in [2.45, 2.75) is 26.6 Å². The number of nitrogens with zero attached hydrogens (tertiary/aromatic N) is 1. The molecule has 4 rings (SSSR count). The van der Waals surface area contributed by atoms with E-state index in [2.05, 4.69) is 33.9 Å². The molecule has 0 aliphatic carbocycles. The molecule has 0 radical (unpaired) electrons. The highest BCUT2D eigenvalue weighted by Crippen LogP contribution is 2.29. The van der Waals surface area contributed by atoms with Crippen LogP contribution >= 0.6 is 15.9 Å². The van der Waals surface area contributed by atoms with E-state index in [1.165, 1.54) is 0 Å². The molecule has 2 N–H and O–H groups in total. The number of fused-ring (bicyclic) bond motifs is 1. The van der Waals surface area contributed by atoms with Crippen molar-refractivity contribution in [3.8, 4) is 5.75 Å². The summed E-state index contributed by atoms with van der Waals surface area (Å²) in [6.07, 6.45) is 1.80. The summed E-state index contributed by atoms with van der Waals surface area (Å²) >= 11 is 3.51. The predicted molar refractivity (Wildman–Crippen MR) is 141 cm³/mol. The fourth-order valence-corrected chi connectivity index (χ4v) is 4.68. The normalized spacial score (nSPS) is 11.0. The van der Waals surface area contributed by atoms with Crippen LogP contribution in [0, 0.1) is 6.92 Å². The molecule has 0 saturated heterocycles. The molecule has 1 heterocycles. The number of hydrogen-bond acceptors (Lipinski definition) is 3. The van der Waals surface area contributed by atoms with Crippen LogP contribution in [-0.2, 0) is 19.6 Å². The number of ether oxygens (including phenoxy) is 1. The Bertz CT molecular complexity index is 1360. The van der Waals surface area contributed by atoms with Crippen LogP contribution in [0.1, 0.15) is 38.3 Å². The predicted octanol–water partition coefficient (Wildman–Crippen LogP) is 6.40. The maximum atomic E-state index is 12.5. The fourth-order valence-electron chi connectivity index (χ4n) is 4.27. The monoisotopic (exact) mass is 518 g/mol. The molecule has 0 saturated carbocycles. The summed E-state index contributed by atoms with van der Waals surface area (Å²) in [6.45, 7) is 7.25. The van der Waals surface area contributed by atoms with Crippen molar-refractivity contribution in [2.75, 3.05) is 7.11 Å². The minimum Gasteiger partial charge on any atom is -0.496 e. The molecule has 34 heavy (non-hydrogen) atoms. The van der Waals surface area contributed by atoms with Crippen molar-refractivity contribution in [2.24, 2.45) is 0 Å². The van der Waals surface area contributed by atoms with E-state index in [9.17, 15) is 9.90 Å². The maximum absolute atomic E-state index is 12.5. The van der Waals surface area contributed by atoms with Gasteiger partial charge in [0.15, 0.2) is 0 Å². The third-order valence-electron chi connectivity index (χ3n) is 5.94. The number of hydrogen-bond donors (Lipinski definition) is 2. The summed E-state index contributed by atoms with van der Waals surface area (Å²) in [4.78, 5) is 12.5. The van der Waals surface area contributed by atoms with Crippen molar-refractivity contribution < 1.29 is 14.6 Å². The van der Waals surface area contributed by atoms with Gasteiger partial charge in [-0.3, -0.25) is 0 Å². The van der Waals surface area contributed by atoms with Gasteiger partial charge in [0.1, 0.15) is 11.4 Å². The maximum Gasteiger partial charge on any atom is 0.352 e. The molecule has 1 aromatic heterocycles. The van der Waals surface area contributed by atoms with Crippen LogP contribution in [0.15, 0.2) is 71.7 Å². The van der Waals surface area contributed by atoms with Crippen molar-refractivity contribution >= 4 is 38.9 Å². The van der Waals surface area contributed by atoms with Crippen LogP contribution in [-0.4, -0.2) is 22.8 Å². The molecule has 5 nitrogen and oxygen atoms in total. The summed E-state index contributed by atoms with van der Waals surface area (Å²) in [6, 6.07) is 20.0. The molecular formula is C28H27BrN2O3. The molecule has 3 aromatic carbocycles. The highest BCUT2D eigenvalue weighted by molar-refractivity contribution is 9.10. The highest BCUT2D eigenvalue weighted by Gasteiger charge is 2.22. The van der Waals surface area contributed by atoms with Crippen LogP contribution in [0.25, 0.3) is 17.0 Å². The molecule has 4 aromatic rings. The number of carboxylic acid groups (broad SMARTS) is 1. The Hall–Kier alpha value is -3.35. The lowest BCUT2D eigenvalue weighted by atomic mass is 10.1. The quantitative estimate of drug-likeness (QED) is 0.269. The number of aryl methyl sites for hydroxylation is 1. The number of halogens is 1. The molecule has 6 heteroatoms. The van der Waals surface area contributed by atoms with E-state index >= 15 is 0 Å². The molecule has 0 aliphatic heterocycles. The second kappa shape index (κ2) is 10.3. The van der Waals surface area contributed by atoms with E-state index in [1.807, 2.05) is 66.1 Å². The molecule has 0 fully saturated rings. The first-order valence-corrected chi connectivity index (χ1v) is 11.8. The zero-order valence-corrected chi connectivity index (χ0v) is 20.9. The number of benzene rings is 3. The number of aromatic carboxylic acids is 1. The van der Waals surface area contributed by atoms with Gasteiger partial charge in [-0.25, -0.2) is 4.79 Å². The van der Waals surface area contributed by atoms with Crippen molar-refractivity contribution in [1.82, 2.24) is 9.88 Å². The van der Waals surface area contributed by atoms with Gasteiger partial charge >= 0.3 is 5.97 Å². The summed E-state index contributed by atoms with van der Waals surface area (Å²) in [7, 11) is 1.65. The Kier molecular flexibility index (Phi) is 7.20. The van der Waals surface area contributed by atoms with Crippen LogP contribution in [0.2, 0.25) is 0 Å². The Morgan fingerprint density at radius 3 is 2.56 bits per heavy atom. The number of rotatable bonds is 9. The first-order valence-electron chi connectivity index (χ1n) is 11.0. The molecule has 0 unspecified atom stereocenters. The average Bonchev–Trinajstić information content (AvgIpc) is 3.12. The van der Waals surface area contributed by atoms with E-state index in [0.29, 0.717) is 25.3 Å². The van der Waals surface area contributed by atoms with Gasteiger partial charge < -0.3 is 19.7 Å². The Morgan fingerprint density at radius 1 is 1.12 bits per heavy atom. The molecule has 0 atom stereocenters. The largest absolute Gasteiger partial charge is 0.496 e. The minimum absolute atomic E-state index is 0.308. The fraction of sp³-hybridized carbons (Fsp3) is 0.179. The van der Waals surface area contributed by atoms with Gasteiger partial charge in [-0.15, -0.1) is 0 Å². The molecule has 174 valence electrons. The Labute approximate surface area is 207 Å². The number of methoxy groups -OCH3 is 1. The zero-order chi connectivity index (χ0) is 24.2. The second-order valence-electron chi connectivity index (χ2n) is 8.24. The van der Waals surface area contributed by atoms with Crippen molar-refractivity contribution in [1.29, 1.82) is 0 Å². The molecule has 0 amide bonds. The minimum atomic E-state index is -0.937. The first-order chi connectivity index (χ1) is 16.4. The number of carbonyl (C=O) groups is 1. The number of nitrogens with one attached hydrogen (secondary N) is 1. The van der Waals surface area contributed by atoms with Gasteiger partial charge in [0.25, 0.3) is 0 Å². The number of aromatic nitrogens is 1. The third-order valence-corrected chi connectivity index (χ3v) is 6.44. The first kappa shape index (κ1) is 23.8. The van der Waals surface area contributed by atoms with E-state index in [1.54, 1.807) is 13.2 Å². The summed E-state index contributed by atoms with van der Waals surface area (Å²) < 4.78 is 8.34. The highest BCUT2D eigenvalue weighted by atomic mass is 79.9. The van der Waals surface area contributed by atoms with Crippen LogP contribution in [0.5, 0.6) is 5.75 Å². The van der Waals surface area contributed by atoms with Crippen molar-refractivity contribution in [3.05, 3.63) is 105 Å². The van der Waals surface area contributed by atoms with Gasteiger partial charge in [-0.1, -0.05) is 65.0 Å². The molecular weight excluding hydrogens is 492 g/mol. The lowest BCUT2D eigenvalue weighted by Crippen LogP contribution is -2.17. The summed E-state index contributed by atoms with van der Waals surface area (Å²) in [5.41, 5.74) is 6.15. The Balaban J connectivity index is 1.71. The van der Waals surface area contributed by atoms with Gasteiger partial charge in [0.05, 0.1) is 7.11 Å². The Morgan fingerprint density at radius 2 is 1.88 bits per heavy atom. The van der Waals surface area contributed by atoms with Crippen molar-refractivity contribution in [3.63, 3.8) is 0 Å². The van der Waals surface area contributed by atoms with E-state index < -0.39 is 5.97 Å². The SMILES string of the molecule is C=Cc1ccc(Cn2c(C(=O)O)c(CNCc3cc(Br)ccc3OC)c3ccc(C)cc32)cc1. The van der Waals surface area contributed by atoms with Crippen LogP contribution in [0.4, 0.5) is 0 Å². The standard InChI is InChI=1S/C28H27BrN2O3/c1-4-19-6-8-20(9-7-19)17-31-25-13-18(2)5-11-23(25)24(27(31)28(32)33)16-30-15-21-14-22(29)10-12-26(21)34-3/h4-14,30H,1,15-17H2,2-3H3,(H,32,33). The van der Waals surface area contributed by atoms with E-state index in [0.717, 1.165) is 48.9 Å². The second-order valence-corrected chi connectivity index (χ2v) is 9.16. The molecule has 0 bridgehead atoms. The topological polar surface area (TPSA) is 63.5 Å². The average molecular weight is 519 g/mol. The van der Waals surface area contributed by atoms with Gasteiger partial charge in [0, 0.05) is 46.1 Å².